The van der Waals surface area contributed by atoms with Gasteiger partial charge in [0.15, 0.2) is 0 Å². The van der Waals surface area contributed by atoms with Gasteiger partial charge < -0.3 is 10.1 Å². The molecule has 0 unspecified atom stereocenters. The van der Waals surface area contributed by atoms with Gasteiger partial charge in [-0.2, -0.15) is 4.98 Å². The molecule has 0 saturated carbocycles. The molecule has 2 rings (SSSR count). The van der Waals surface area contributed by atoms with E-state index in [2.05, 4.69) is 15.3 Å². The molecule has 2 aromatic rings. The number of ether oxygens (including phenoxy) is 1. The Morgan fingerprint density at radius 3 is 2.56 bits per heavy atom. The molecule has 94 valence electrons. The van der Waals surface area contributed by atoms with Gasteiger partial charge >= 0.3 is 0 Å². The molecular weight excluding hydrogens is 273 g/mol. The third-order valence-corrected chi connectivity index (χ3v) is 2.92. The summed E-state index contributed by atoms with van der Waals surface area (Å²) in [6.07, 6.45) is 0. The lowest BCUT2D eigenvalue weighted by Gasteiger charge is -2.08. The van der Waals surface area contributed by atoms with Crippen molar-refractivity contribution in [2.45, 2.75) is 6.92 Å². The summed E-state index contributed by atoms with van der Waals surface area (Å²) in [7, 11) is 1.78. The van der Waals surface area contributed by atoms with E-state index in [0.717, 1.165) is 0 Å². The van der Waals surface area contributed by atoms with Crippen LogP contribution in [-0.2, 0) is 0 Å². The molecule has 6 heteroatoms. The van der Waals surface area contributed by atoms with Crippen LogP contribution in [0.1, 0.15) is 5.82 Å². The van der Waals surface area contributed by atoms with E-state index in [4.69, 9.17) is 27.9 Å². The molecule has 0 bridgehead atoms. The SMILES string of the molecule is CNc1cc(Oc2ccc(Cl)c(Cl)c2)nc(C)n1. The molecule has 0 saturated heterocycles. The Labute approximate surface area is 115 Å². The molecule has 1 heterocycles. The van der Waals surface area contributed by atoms with Crippen LogP contribution in [-0.4, -0.2) is 17.0 Å². The monoisotopic (exact) mass is 283 g/mol. The second kappa shape index (κ2) is 5.42. The minimum absolute atomic E-state index is 0.439. The summed E-state index contributed by atoms with van der Waals surface area (Å²) in [4.78, 5) is 8.36. The van der Waals surface area contributed by atoms with Crippen LogP contribution in [0.25, 0.3) is 0 Å². The number of hydrogen-bond acceptors (Lipinski definition) is 4. The predicted octanol–water partition coefficient (Wildman–Crippen LogP) is 3.93. The van der Waals surface area contributed by atoms with E-state index in [9.17, 15) is 0 Å². The molecule has 1 aromatic carbocycles. The van der Waals surface area contributed by atoms with Crippen molar-refractivity contribution in [3.8, 4) is 11.6 Å². The highest BCUT2D eigenvalue weighted by Gasteiger charge is 2.05. The van der Waals surface area contributed by atoms with E-state index in [1.165, 1.54) is 0 Å². The van der Waals surface area contributed by atoms with Crippen molar-refractivity contribution in [3.63, 3.8) is 0 Å². The molecule has 0 aliphatic rings. The van der Waals surface area contributed by atoms with Crippen LogP contribution >= 0.6 is 23.2 Å². The zero-order valence-corrected chi connectivity index (χ0v) is 11.4. The van der Waals surface area contributed by atoms with Gasteiger partial charge in [-0.1, -0.05) is 23.2 Å². The first-order valence-electron chi connectivity index (χ1n) is 5.25. The normalized spacial score (nSPS) is 10.2. The molecule has 4 nitrogen and oxygen atoms in total. The molecule has 0 fully saturated rings. The van der Waals surface area contributed by atoms with Crippen LogP contribution in [0.15, 0.2) is 24.3 Å². The summed E-state index contributed by atoms with van der Waals surface area (Å²) in [5, 5.41) is 3.86. The smallest absolute Gasteiger partial charge is 0.224 e. The summed E-state index contributed by atoms with van der Waals surface area (Å²) in [5.41, 5.74) is 0. The Balaban J connectivity index is 2.27. The highest BCUT2D eigenvalue weighted by atomic mass is 35.5. The lowest BCUT2D eigenvalue weighted by atomic mass is 10.3. The number of halogens is 2. The van der Waals surface area contributed by atoms with Crippen molar-refractivity contribution >= 4 is 29.0 Å². The highest BCUT2D eigenvalue weighted by molar-refractivity contribution is 6.42. The molecule has 0 radical (unpaired) electrons. The topological polar surface area (TPSA) is 47.0 Å². The summed E-state index contributed by atoms with van der Waals surface area (Å²) >= 11 is 11.7. The fraction of sp³-hybridized carbons (Fsp3) is 0.167. The maximum Gasteiger partial charge on any atom is 0.224 e. The van der Waals surface area contributed by atoms with E-state index in [1.807, 2.05) is 0 Å². The van der Waals surface area contributed by atoms with Gasteiger partial charge in [0.2, 0.25) is 5.88 Å². The van der Waals surface area contributed by atoms with Gasteiger partial charge in [0.1, 0.15) is 17.4 Å². The van der Waals surface area contributed by atoms with E-state index in [0.29, 0.717) is 33.3 Å². The molecular formula is C12H11Cl2N3O. The zero-order chi connectivity index (χ0) is 13.1. The van der Waals surface area contributed by atoms with Gasteiger partial charge in [-0.25, -0.2) is 4.98 Å². The van der Waals surface area contributed by atoms with Gasteiger partial charge in [0, 0.05) is 19.2 Å². The number of hydrogen-bond donors (Lipinski definition) is 1. The number of aryl methyl sites for hydroxylation is 1. The van der Waals surface area contributed by atoms with Gasteiger partial charge in [-0.15, -0.1) is 0 Å². The van der Waals surface area contributed by atoms with Crippen LogP contribution in [0.3, 0.4) is 0 Å². The van der Waals surface area contributed by atoms with Gasteiger partial charge in [0.05, 0.1) is 10.0 Å². The van der Waals surface area contributed by atoms with Crippen molar-refractivity contribution in [1.82, 2.24) is 9.97 Å². The van der Waals surface area contributed by atoms with E-state index < -0.39 is 0 Å². The molecule has 18 heavy (non-hydrogen) atoms. The number of benzene rings is 1. The lowest BCUT2D eigenvalue weighted by molar-refractivity contribution is 0.460. The quantitative estimate of drug-likeness (QED) is 0.927. The first kappa shape index (κ1) is 12.9. The molecule has 0 aliphatic heterocycles. The predicted molar refractivity (Wildman–Crippen MR) is 72.9 cm³/mol. The summed E-state index contributed by atoms with van der Waals surface area (Å²) in [5.74, 6) is 2.34. The molecule has 0 atom stereocenters. The number of nitrogens with zero attached hydrogens (tertiary/aromatic N) is 2. The van der Waals surface area contributed by atoms with Crippen molar-refractivity contribution in [3.05, 3.63) is 40.1 Å². The van der Waals surface area contributed by atoms with Crippen LogP contribution < -0.4 is 10.1 Å². The Kier molecular flexibility index (Phi) is 3.89. The maximum absolute atomic E-state index is 5.91. The highest BCUT2D eigenvalue weighted by Crippen LogP contribution is 2.29. The summed E-state index contributed by atoms with van der Waals surface area (Å²) in [6.45, 7) is 1.79. The second-order valence-corrected chi connectivity index (χ2v) is 4.38. The van der Waals surface area contributed by atoms with Crippen LogP contribution in [0.2, 0.25) is 10.0 Å². The van der Waals surface area contributed by atoms with Gasteiger partial charge in [0.25, 0.3) is 0 Å². The Morgan fingerprint density at radius 2 is 1.89 bits per heavy atom. The van der Waals surface area contributed by atoms with E-state index >= 15 is 0 Å². The van der Waals surface area contributed by atoms with Crippen LogP contribution in [0.5, 0.6) is 11.6 Å². The van der Waals surface area contributed by atoms with Gasteiger partial charge in [-0.3, -0.25) is 0 Å². The number of nitrogens with one attached hydrogen (secondary N) is 1. The maximum atomic E-state index is 5.91. The van der Waals surface area contributed by atoms with Gasteiger partial charge in [-0.05, 0) is 19.1 Å². The van der Waals surface area contributed by atoms with Crippen LogP contribution in [0, 0.1) is 6.92 Å². The summed E-state index contributed by atoms with van der Waals surface area (Å²) in [6, 6.07) is 6.74. The van der Waals surface area contributed by atoms with E-state index in [1.54, 1.807) is 38.2 Å². The van der Waals surface area contributed by atoms with Crippen molar-refractivity contribution in [2.24, 2.45) is 0 Å². The lowest BCUT2D eigenvalue weighted by Crippen LogP contribution is -1.98. The molecule has 1 N–H and O–H groups in total. The fourth-order valence-electron chi connectivity index (χ4n) is 1.38. The minimum Gasteiger partial charge on any atom is -0.439 e. The standard InChI is InChI=1S/C12H11Cl2N3O/c1-7-16-11(15-2)6-12(17-7)18-8-3-4-9(13)10(14)5-8/h3-6H,1-2H3,(H,15,16,17). The number of aromatic nitrogens is 2. The molecule has 0 spiro atoms. The van der Waals surface area contributed by atoms with Crippen molar-refractivity contribution in [2.75, 3.05) is 12.4 Å². The number of rotatable bonds is 3. The minimum atomic E-state index is 0.439. The Morgan fingerprint density at radius 1 is 1.11 bits per heavy atom. The molecule has 0 amide bonds. The van der Waals surface area contributed by atoms with Crippen LogP contribution in [0.4, 0.5) is 5.82 Å². The largest absolute Gasteiger partial charge is 0.439 e. The zero-order valence-electron chi connectivity index (χ0n) is 9.87. The molecule has 0 aliphatic carbocycles. The average Bonchev–Trinajstić information content (AvgIpc) is 2.33. The fourth-order valence-corrected chi connectivity index (χ4v) is 1.67. The Bertz CT molecular complexity index is 575. The van der Waals surface area contributed by atoms with Crippen molar-refractivity contribution in [1.29, 1.82) is 0 Å². The second-order valence-electron chi connectivity index (χ2n) is 3.57. The van der Waals surface area contributed by atoms with E-state index in [-0.39, 0.29) is 0 Å². The third kappa shape index (κ3) is 3.03. The Hall–Kier alpha value is -1.52. The first-order valence-corrected chi connectivity index (χ1v) is 6.00. The summed E-state index contributed by atoms with van der Waals surface area (Å²) < 4.78 is 5.60. The average molecular weight is 284 g/mol. The first-order chi connectivity index (χ1) is 8.58. The number of anilines is 1. The molecule has 1 aromatic heterocycles. The van der Waals surface area contributed by atoms with Crippen molar-refractivity contribution < 1.29 is 4.74 Å². The third-order valence-electron chi connectivity index (χ3n) is 2.18.